The summed E-state index contributed by atoms with van der Waals surface area (Å²) < 4.78 is 1.24. The van der Waals surface area contributed by atoms with E-state index in [2.05, 4.69) is 39.2 Å². The zero-order chi connectivity index (χ0) is 10.8. The predicted molar refractivity (Wildman–Crippen MR) is 69.1 cm³/mol. The summed E-state index contributed by atoms with van der Waals surface area (Å²) in [6, 6.07) is 2.46. The Kier molecular flexibility index (Phi) is 3.83. The molecule has 1 saturated heterocycles. The van der Waals surface area contributed by atoms with Crippen molar-refractivity contribution in [2.75, 3.05) is 13.1 Å². The first-order valence-corrected chi connectivity index (χ1v) is 7.04. The second kappa shape index (κ2) is 4.95. The Morgan fingerprint density at radius 2 is 2.47 bits per heavy atom. The van der Waals surface area contributed by atoms with Crippen molar-refractivity contribution >= 4 is 27.3 Å². The van der Waals surface area contributed by atoms with Crippen LogP contribution < -0.4 is 5.73 Å². The van der Waals surface area contributed by atoms with Crippen LogP contribution in [0.15, 0.2) is 15.9 Å². The van der Waals surface area contributed by atoms with E-state index in [0.29, 0.717) is 12.0 Å². The van der Waals surface area contributed by atoms with Crippen molar-refractivity contribution < 1.29 is 0 Å². The molecular formula is C11H17BrN2S. The van der Waals surface area contributed by atoms with Gasteiger partial charge in [-0.2, -0.15) is 0 Å². The van der Waals surface area contributed by atoms with Crippen LogP contribution in [-0.2, 0) is 6.54 Å². The molecule has 4 heteroatoms. The number of halogens is 1. The van der Waals surface area contributed by atoms with Gasteiger partial charge < -0.3 is 5.73 Å². The maximum absolute atomic E-state index is 6.09. The third kappa shape index (κ3) is 2.81. The number of hydrogen-bond donors (Lipinski definition) is 1. The largest absolute Gasteiger partial charge is 0.326 e. The molecule has 0 spiro atoms. The summed E-state index contributed by atoms with van der Waals surface area (Å²) >= 11 is 5.39. The van der Waals surface area contributed by atoms with Crippen LogP contribution in [0.1, 0.15) is 18.2 Å². The third-order valence-corrected chi connectivity index (χ3v) is 5.07. The van der Waals surface area contributed by atoms with Gasteiger partial charge >= 0.3 is 0 Å². The van der Waals surface area contributed by atoms with Crippen LogP contribution in [0.5, 0.6) is 0 Å². The van der Waals surface area contributed by atoms with E-state index in [0.717, 1.165) is 13.1 Å². The van der Waals surface area contributed by atoms with Gasteiger partial charge in [-0.3, -0.25) is 4.90 Å². The van der Waals surface area contributed by atoms with Crippen LogP contribution in [0.25, 0.3) is 0 Å². The van der Waals surface area contributed by atoms with E-state index in [1.807, 2.05) is 11.3 Å². The van der Waals surface area contributed by atoms with Gasteiger partial charge in [0, 0.05) is 28.5 Å². The lowest BCUT2D eigenvalue weighted by Gasteiger charge is -2.34. The molecule has 0 aliphatic carbocycles. The second-order valence-corrected chi connectivity index (χ2v) is 6.21. The molecule has 0 bridgehead atoms. The average Bonchev–Trinajstić information content (AvgIpc) is 2.59. The van der Waals surface area contributed by atoms with Crippen molar-refractivity contribution in [2.45, 2.75) is 25.9 Å². The summed E-state index contributed by atoms with van der Waals surface area (Å²) in [5, 5.41) is 2.13. The molecule has 1 aromatic heterocycles. The minimum atomic E-state index is 0.345. The van der Waals surface area contributed by atoms with Crippen LogP contribution in [0.4, 0.5) is 0 Å². The SMILES string of the molecule is CC1CCN(Cc2sccc2Br)CC1N. The van der Waals surface area contributed by atoms with Crippen LogP contribution in [0.3, 0.4) is 0 Å². The van der Waals surface area contributed by atoms with Crippen molar-refractivity contribution in [3.63, 3.8) is 0 Å². The fourth-order valence-corrected chi connectivity index (χ4v) is 3.47. The predicted octanol–water partition coefficient (Wildman–Crippen LogP) is 2.68. The Morgan fingerprint density at radius 3 is 3.07 bits per heavy atom. The lowest BCUT2D eigenvalue weighted by atomic mass is 9.94. The van der Waals surface area contributed by atoms with E-state index in [1.54, 1.807) is 0 Å². The topological polar surface area (TPSA) is 29.3 Å². The quantitative estimate of drug-likeness (QED) is 0.907. The molecule has 2 heterocycles. The molecule has 2 rings (SSSR count). The van der Waals surface area contributed by atoms with Crippen molar-refractivity contribution in [1.82, 2.24) is 4.90 Å². The number of nitrogens with two attached hydrogens (primary N) is 1. The minimum absolute atomic E-state index is 0.345. The fraction of sp³-hybridized carbons (Fsp3) is 0.636. The lowest BCUT2D eigenvalue weighted by Crippen LogP contribution is -2.46. The van der Waals surface area contributed by atoms with Gasteiger partial charge in [-0.05, 0) is 46.3 Å². The summed E-state index contributed by atoms with van der Waals surface area (Å²) in [5.74, 6) is 0.674. The number of rotatable bonds is 2. The maximum atomic E-state index is 6.09. The molecule has 2 atom stereocenters. The van der Waals surface area contributed by atoms with Crippen LogP contribution >= 0.6 is 27.3 Å². The number of nitrogens with zero attached hydrogens (tertiary/aromatic N) is 1. The summed E-state index contributed by atoms with van der Waals surface area (Å²) in [6.07, 6.45) is 1.23. The molecule has 2 nitrogen and oxygen atoms in total. The van der Waals surface area contributed by atoms with Gasteiger partial charge in [0.2, 0.25) is 0 Å². The summed E-state index contributed by atoms with van der Waals surface area (Å²) in [6.45, 7) is 5.51. The Morgan fingerprint density at radius 1 is 1.67 bits per heavy atom. The smallest absolute Gasteiger partial charge is 0.0339 e. The number of hydrogen-bond acceptors (Lipinski definition) is 3. The van der Waals surface area contributed by atoms with Crippen LogP contribution in [0, 0.1) is 5.92 Å². The van der Waals surface area contributed by atoms with E-state index in [4.69, 9.17) is 5.73 Å². The highest BCUT2D eigenvalue weighted by Gasteiger charge is 2.23. The molecule has 0 saturated carbocycles. The Hall–Kier alpha value is 0.1000. The molecule has 0 radical (unpaired) electrons. The molecule has 1 aromatic rings. The first kappa shape index (κ1) is 11.6. The highest BCUT2D eigenvalue weighted by molar-refractivity contribution is 9.10. The van der Waals surface area contributed by atoms with Crippen molar-refractivity contribution in [3.8, 4) is 0 Å². The molecule has 15 heavy (non-hydrogen) atoms. The highest BCUT2D eigenvalue weighted by Crippen LogP contribution is 2.26. The molecule has 0 amide bonds. The maximum Gasteiger partial charge on any atom is 0.0339 e. The second-order valence-electron chi connectivity index (χ2n) is 4.36. The lowest BCUT2D eigenvalue weighted by molar-refractivity contribution is 0.163. The van der Waals surface area contributed by atoms with Gasteiger partial charge in [0.05, 0.1) is 0 Å². The molecule has 1 fully saturated rings. The van der Waals surface area contributed by atoms with E-state index < -0.39 is 0 Å². The number of thiophene rings is 1. The molecule has 2 unspecified atom stereocenters. The Balaban J connectivity index is 1.94. The fourth-order valence-electron chi connectivity index (χ4n) is 1.95. The first-order valence-electron chi connectivity index (χ1n) is 5.36. The molecular weight excluding hydrogens is 272 g/mol. The standard InChI is InChI=1S/C11H17BrN2S/c1-8-2-4-14(6-10(8)13)7-11-9(12)3-5-15-11/h3,5,8,10H,2,4,6-7,13H2,1H3. The van der Waals surface area contributed by atoms with Gasteiger partial charge in [0.25, 0.3) is 0 Å². The van der Waals surface area contributed by atoms with E-state index in [9.17, 15) is 0 Å². The molecule has 0 aromatic carbocycles. The summed E-state index contributed by atoms with van der Waals surface area (Å²) in [4.78, 5) is 3.87. The zero-order valence-electron chi connectivity index (χ0n) is 8.95. The number of piperidine rings is 1. The Labute approximate surface area is 104 Å². The molecule has 1 aliphatic heterocycles. The van der Waals surface area contributed by atoms with Crippen molar-refractivity contribution in [3.05, 3.63) is 20.8 Å². The van der Waals surface area contributed by atoms with E-state index in [1.165, 1.54) is 22.3 Å². The van der Waals surface area contributed by atoms with Crippen LogP contribution in [-0.4, -0.2) is 24.0 Å². The van der Waals surface area contributed by atoms with Gasteiger partial charge in [-0.15, -0.1) is 11.3 Å². The Bertz CT molecular complexity index is 326. The highest BCUT2D eigenvalue weighted by atomic mass is 79.9. The minimum Gasteiger partial charge on any atom is -0.326 e. The van der Waals surface area contributed by atoms with E-state index in [-0.39, 0.29) is 0 Å². The van der Waals surface area contributed by atoms with Crippen LogP contribution in [0.2, 0.25) is 0 Å². The van der Waals surface area contributed by atoms with Gasteiger partial charge in [-0.1, -0.05) is 6.92 Å². The van der Waals surface area contributed by atoms with Crippen molar-refractivity contribution in [1.29, 1.82) is 0 Å². The summed E-state index contributed by atoms with van der Waals surface area (Å²) in [5.41, 5.74) is 6.09. The monoisotopic (exact) mass is 288 g/mol. The van der Waals surface area contributed by atoms with Crippen molar-refractivity contribution in [2.24, 2.45) is 11.7 Å². The van der Waals surface area contributed by atoms with Gasteiger partial charge in [0.1, 0.15) is 0 Å². The molecule has 84 valence electrons. The zero-order valence-corrected chi connectivity index (χ0v) is 11.4. The van der Waals surface area contributed by atoms with Gasteiger partial charge in [-0.25, -0.2) is 0 Å². The molecule has 2 N–H and O–H groups in total. The first-order chi connectivity index (χ1) is 7.16. The normalized spacial score (nSPS) is 28.2. The van der Waals surface area contributed by atoms with Gasteiger partial charge in [0.15, 0.2) is 0 Å². The summed E-state index contributed by atoms with van der Waals surface area (Å²) in [7, 11) is 0. The van der Waals surface area contributed by atoms with E-state index >= 15 is 0 Å². The number of likely N-dealkylation sites (tertiary alicyclic amines) is 1. The third-order valence-electron chi connectivity index (χ3n) is 3.16. The molecule has 1 aliphatic rings. The average molecular weight is 289 g/mol.